The molecule has 0 saturated carbocycles. The molecule has 0 unspecified atom stereocenters. The summed E-state index contributed by atoms with van der Waals surface area (Å²) in [6.07, 6.45) is 5.21. The van der Waals surface area contributed by atoms with Crippen molar-refractivity contribution >= 4 is 27.3 Å². The van der Waals surface area contributed by atoms with Crippen LogP contribution < -0.4 is 10.1 Å². The number of hydrogen-bond acceptors (Lipinski definition) is 3. The number of nitrogens with one attached hydrogen (secondary N) is 1. The van der Waals surface area contributed by atoms with Crippen molar-refractivity contribution in [3.05, 3.63) is 50.6 Å². The van der Waals surface area contributed by atoms with Crippen LogP contribution in [0.15, 0.2) is 40.2 Å². The highest BCUT2D eigenvalue weighted by Crippen LogP contribution is 2.20. The standard InChI is InChI=1S/C15H14BrNOS/c1-2-7-18-15-6-4-3-5-12(15)9-17-10-14-8-13(16)11-19-14/h1,3-6,8,11,17H,7,9-10H2. The third-order valence-electron chi connectivity index (χ3n) is 2.52. The fourth-order valence-electron chi connectivity index (χ4n) is 1.68. The summed E-state index contributed by atoms with van der Waals surface area (Å²) < 4.78 is 6.64. The van der Waals surface area contributed by atoms with E-state index >= 15 is 0 Å². The van der Waals surface area contributed by atoms with Crippen LogP contribution in [-0.4, -0.2) is 6.61 Å². The zero-order valence-electron chi connectivity index (χ0n) is 10.4. The van der Waals surface area contributed by atoms with Crippen molar-refractivity contribution in [3.8, 4) is 18.1 Å². The van der Waals surface area contributed by atoms with Crippen molar-refractivity contribution in [1.82, 2.24) is 5.32 Å². The van der Waals surface area contributed by atoms with E-state index in [9.17, 15) is 0 Å². The zero-order valence-corrected chi connectivity index (χ0v) is 12.8. The fourth-order valence-corrected chi connectivity index (χ4v) is 3.10. The largest absolute Gasteiger partial charge is 0.481 e. The highest BCUT2D eigenvalue weighted by molar-refractivity contribution is 9.10. The Hall–Kier alpha value is -1.28. The Labute approximate surface area is 125 Å². The molecule has 0 aliphatic heterocycles. The molecule has 1 aromatic heterocycles. The van der Waals surface area contributed by atoms with E-state index in [1.165, 1.54) is 4.88 Å². The highest BCUT2D eigenvalue weighted by atomic mass is 79.9. The lowest BCUT2D eigenvalue weighted by Crippen LogP contribution is -2.12. The van der Waals surface area contributed by atoms with E-state index in [-0.39, 0.29) is 0 Å². The molecule has 1 N–H and O–H groups in total. The van der Waals surface area contributed by atoms with E-state index in [0.717, 1.165) is 28.9 Å². The van der Waals surface area contributed by atoms with E-state index in [0.29, 0.717) is 6.61 Å². The van der Waals surface area contributed by atoms with Gasteiger partial charge in [-0.3, -0.25) is 0 Å². The Morgan fingerprint density at radius 2 is 2.16 bits per heavy atom. The zero-order chi connectivity index (χ0) is 13.5. The minimum Gasteiger partial charge on any atom is -0.481 e. The number of hydrogen-bond donors (Lipinski definition) is 1. The number of thiophene rings is 1. The van der Waals surface area contributed by atoms with E-state index < -0.39 is 0 Å². The Morgan fingerprint density at radius 1 is 1.32 bits per heavy atom. The summed E-state index contributed by atoms with van der Waals surface area (Å²) in [5.74, 6) is 3.33. The molecular formula is C15H14BrNOS. The maximum Gasteiger partial charge on any atom is 0.148 e. The number of benzene rings is 1. The van der Waals surface area contributed by atoms with E-state index in [1.807, 2.05) is 24.3 Å². The average molecular weight is 336 g/mol. The van der Waals surface area contributed by atoms with Crippen molar-refractivity contribution in [2.45, 2.75) is 13.1 Å². The van der Waals surface area contributed by atoms with Gasteiger partial charge in [0.05, 0.1) is 0 Å². The van der Waals surface area contributed by atoms with Crippen molar-refractivity contribution in [2.24, 2.45) is 0 Å². The Morgan fingerprint density at radius 3 is 2.89 bits per heavy atom. The Bertz CT molecular complexity index is 574. The molecule has 0 saturated heterocycles. The lowest BCUT2D eigenvalue weighted by atomic mass is 10.2. The van der Waals surface area contributed by atoms with Crippen molar-refractivity contribution < 1.29 is 4.74 Å². The normalized spacial score (nSPS) is 10.1. The number of halogens is 1. The van der Waals surface area contributed by atoms with Crippen LogP contribution in [0.3, 0.4) is 0 Å². The van der Waals surface area contributed by atoms with Gasteiger partial charge in [0.2, 0.25) is 0 Å². The monoisotopic (exact) mass is 335 g/mol. The van der Waals surface area contributed by atoms with E-state index in [2.05, 4.69) is 38.6 Å². The van der Waals surface area contributed by atoms with Crippen LogP contribution in [-0.2, 0) is 13.1 Å². The maximum absolute atomic E-state index is 5.51. The third-order valence-corrected chi connectivity index (χ3v) is 4.22. The summed E-state index contributed by atoms with van der Waals surface area (Å²) in [5, 5.41) is 5.49. The molecule has 98 valence electrons. The van der Waals surface area contributed by atoms with Gasteiger partial charge in [0.15, 0.2) is 0 Å². The summed E-state index contributed by atoms with van der Waals surface area (Å²) in [6.45, 7) is 1.91. The molecule has 0 amide bonds. The lowest BCUT2D eigenvalue weighted by molar-refractivity contribution is 0.365. The van der Waals surface area contributed by atoms with Gasteiger partial charge in [-0.2, -0.15) is 0 Å². The Balaban J connectivity index is 1.90. The molecule has 1 heterocycles. The molecule has 0 aliphatic rings. The third kappa shape index (κ3) is 4.39. The summed E-state index contributed by atoms with van der Waals surface area (Å²) in [6, 6.07) is 10.1. The molecule has 0 atom stereocenters. The molecule has 0 aliphatic carbocycles. The van der Waals surface area contributed by atoms with Gasteiger partial charge in [-0.1, -0.05) is 24.1 Å². The second-order valence-electron chi connectivity index (χ2n) is 3.94. The van der Waals surface area contributed by atoms with Crippen LogP contribution in [0, 0.1) is 12.3 Å². The molecule has 4 heteroatoms. The van der Waals surface area contributed by atoms with Crippen LogP contribution >= 0.6 is 27.3 Å². The highest BCUT2D eigenvalue weighted by Gasteiger charge is 2.03. The molecule has 1 aromatic carbocycles. The van der Waals surface area contributed by atoms with E-state index in [4.69, 9.17) is 11.2 Å². The van der Waals surface area contributed by atoms with Gasteiger partial charge in [0.25, 0.3) is 0 Å². The fraction of sp³-hybridized carbons (Fsp3) is 0.200. The first-order valence-corrected chi connectivity index (χ1v) is 7.54. The lowest BCUT2D eigenvalue weighted by Gasteiger charge is -2.10. The minimum atomic E-state index is 0.300. The molecule has 0 radical (unpaired) electrons. The van der Waals surface area contributed by atoms with Gasteiger partial charge in [-0.25, -0.2) is 0 Å². The number of rotatable bonds is 6. The van der Waals surface area contributed by atoms with Crippen LogP contribution in [0.2, 0.25) is 0 Å². The number of terminal acetylenes is 1. The maximum atomic E-state index is 5.51. The average Bonchev–Trinajstić information content (AvgIpc) is 2.83. The smallest absolute Gasteiger partial charge is 0.148 e. The second kappa shape index (κ2) is 7.34. The molecule has 2 nitrogen and oxygen atoms in total. The molecule has 0 bridgehead atoms. The number of ether oxygens (including phenoxy) is 1. The van der Waals surface area contributed by atoms with Gasteiger partial charge >= 0.3 is 0 Å². The van der Waals surface area contributed by atoms with Crippen LogP contribution in [0.5, 0.6) is 5.75 Å². The van der Waals surface area contributed by atoms with Crippen LogP contribution in [0.4, 0.5) is 0 Å². The van der Waals surface area contributed by atoms with Gasteiger partial charge in [-0.05, 0) is 28.1 Å². The van der Waals surface area contributed by atoms with Gasteiger partial charge < -0.3 is 10.1 Å². The molecular weight excluding hydrogens is 322 g/mol. The van der Waals surface area contributed by atoms with Crippen molar-refractivity contribution in [2.75, 3.05) is 6.61 Å². The molecule has 19 heavy (non-hydrogen) atoms. The minimum absolute atomic E-state index is 0.300. The molecule has 0 fully saturated rings. The van der Waals surface area contributed by atoms with Crippen LogP contribution in [0.1, 0.15) is 10.4 Å². The second-order valence-corrected chi connectivity index (χ2v) is 5.85. The summed E-state index contributed by atoms with van der Waals surface area (Å²) >= 11 is 5.19. The SMILES string of the molecule is C#CCOc1ccccc1CNCc1cc(Br)cs1. The molecule has 0 spiro atoms. The van der Waals surface area contributed by atoms with Gasteiger partial charge in [0, 0.05) is 33.4 Å². The van der Waals surface area contributed by atoms with Crippen molar-refractivity contribution in [3.63, 3.8) is 0 Å². The predicted octanol–water partition coefficient (Wildman–Crippen LogP) is 3.81. The van der Waals surface area contributed by atoms with Crippen LogP contribution in [0.25, 0.3) is 0 Å². The first-order chi connectivity index (χ1) is 9.29. The summed E-state index contributed by atoms with van der Waals surface area (Å²) in [4.78, 5) is 1.30. The van der Waals surface area contributed by atoms with Gasteiger partial charge in [-0.15, -0.1) is 17.8 Å². The van der Waals surface area contributed by atoms with Crippen molar-refractivity contribution in [1.29, 1.82) is 0 Å². The summed E-state index contributed by atoms with van der Waals surface area (Å²) in [5.41, 5.74) is 1.12. The molecule has 2 rings (SSSR count). The topological polar surface area (TPSA) is 21.3 Å². The first-order valence-electron chi connectivity index (χ1n) is 5.87. The first kappa shape index (κ1) is 14.1. The summed E-state index contributed by atoms with van der Waals surface area (Å²) in [7, 11) is 0. The predicted molar refractivity (Wildman–Crippen MR) is 83.3 cm³/mol. The molecule has 2 aromatic rings. The van der Waals surface area contributed by atoms with E-state index in [1.54, 1.807) is 11.3 Å². The quantitative estimate of drug-likeness (QED) is 0.810. The number of para-hydroxylation sites is 1. The Kier molecular flexibility index (Phi) is 5.46. The van der Waals surface area contributed by atoms with Gasteiger partial charge in [0.1, 0.15) is 12.4 Å².